The molecule has 202 valence electrons. The zero-order chi connectivity index (χ0) is 27.7. The first-order chi connectivity index (χ1) is 16.5. The molecule has 1 N–H and O–H groups in total. The molecule has 36 heavy (non-hydrogen) atoms. The number of phenolic OH excluding ortho intramolecular Hbond substituents is 1. The van der Waals surface area contributed by atoms with E-state index in [2.05, 4.69) is 60.6 Å². The third-order valence-electron chi connectivity index (χ3n) is 8.29. The van der Waals surface area contributed by atoms with Crippen molar-refractivity contribution in [3.63, 3.8) is 0 Å². The summed E-state index contributed by atoms with van der Waals surface area (Å²) < 4.78 is 42.2. The van der Waals surface area contributed by atoms with Crippen LogP contribution in [0.5, 0.6) is 5.75 Å². The van der Waals surface area contributed by atoms with E-state index in [1.165, 1.54) is 12.1 Å². The highest BCUT2D eigenvalue weighted by Gasteiger charge is 2.41. The van der Waals surface area contributed by atoms with Crippen LogP contribution in [0.25, 0.3) is 0 Å². The van der Waals surface area contributed by atoms with Crippen LogP contribution < -0.4 is 5.30 Å². The summed E-state index contributed by atoms with van der Waals surface area (Å²) in [5.74, 6) is 0.596. The molecule has 0 radical (unpaired) electrons. The fourth-order valence-corrected chi connectivity index (χ4v) is 6.96. The van der Waals surface area contributed by atoms with Gasteiger partial charge in [0, 0.05) is 16.3 Å². The summed E-state index contributed by atoms with van der Waals surface area (Å²) in [6.07, 6.45) is -1.05. The lowest BCUT2D eigenvalue weighted by Crippen LogP contribution is -2.31. The standard InChI is InChI=1S/C31H46F3OP/c1-11-15-21(5)29(9,10)24-18-22(28(6,7)8)19-25(26(24)35)30(12-2,13-3)36-27-20(4)16-14-17-23(27)31(32,33)34/h14,16-19,21,35-36H,11-13,15H2,1-10H3. The van der Waals surface area contributed by atoms with Gasteiger partial charge in [0.15, 0.2) is 0 Å². The molecule has 1 nitrogen and oxygen atoms in total. The Morgan fingerprint density at radius 2 is 1.44 bits per heavy atom. The minimum atomic E-state index is -4.42. The van der Waals surface area contributed by atoms with Crippen LogP contribution in [-0.2, 0) is 22.2 Å². The zero-order valence-corrected chi connectivity index (χ0v) is 24.9. The molecule has 5 heteroatoms. The molecule has 0 spiro atoms. The van der Waals surface area contributed by atoms with Crippen molar-refractivity contribution in [2.45, 2.75) is 117 Å². The van der Waals surface area contributed by atoms with Crippen LogP contribution >= 0.6 is 8.58 Å². The molecule has 0 amide bonds. The number of aromatic hydroxyl groups is 1. The Morgan fingerprint density at radius 3 is 1.92 bits per heavy atom. The third-order valence-corrected chi connectivity index (χ3v) is 10.7. The van der Waals surface area contributed by atoms with E-state index in [0.717, 1.165) is 29.5 Å². The molecule has 0 aliphatic carbocycles. The molecular formula is C31H46F3OP. The Balaban J connectivity index is 2.89. The SMILES string of the molecule is CCCC(C)C(C)(C)c1cc(C(C)(C)C)cc(C(CC)(CC)Pc2c(C)cccc2C(F)(F)F)c1O. The average molecular weight is 523 g/mol. The van der Waals surface area contributed by atoms with Gasteiger partial charge < -0.3 is 5.11 Å². The molecule has 2 aromatic carbocycles. The summed E-state index contributed by atoms with van der Waals surface area (Å²) in [6, 6.07) is 8.65. The number of aryl methyl sites for hydroxylation is 1. The number of rotatable bonds is 9. The largest absolute Gasteiger partial charge is 0.507 e. The predicted molar refractivity (Wildman–Crippen MR) is 150 cm³/mol. The van der Waals surface area contributed by atoms with Crippen molar-refractivity contribution in [2.75, 3.05) is 0 Å². The van der Waals surface area contributed by atoms with Crippen molar-refractivity contribution in [1.82, 2.24) is 0 Å². The summed E-state index contributed by atoms with van der Waals surface area (Å²) in [6.45, 7) is 21.1. The quantitative estimate of drug-likeness (QED) is 0.325. The lowest BCUT2D eigenvalue weighted by Gasteiger charge is -2.40. The van der Waals surface area contributed by atoms with Gasteiger partial charge in [0.2, 0.25) is 0 Å². The molecule has 0 aliphatic rings. The Morgan fingerprint density at radius 1 is 0.889 bits per heavy atom. The lowest BCUT2D eigenvalue weighted by molar-refractivity contribution is -0.136. The average Bonchev–Trinajstić information content (AvgIpc) is 2.77. The zero-order valence-electron chi connectivity index (χ0n) is 23.9. The molecule has 2 atom stereocenters. The molecule has 0 heterocycles. The fraction of sp³-hybridized carbons (Fsp3) is 0.613. The molecule has 0 aromatic heterocycles. The van der Waals surface area contributed by atoms with Crippen molar-refractivity contribution < 1.29 is 18.3 Å². The summed E-state index contributed by atoms with van der Waals surface area (Å²) in [7, 11) is -0.115. The maximum Gasteiger partial charge on any atom is 0.417 e. The summed E-state index contributed by atoms with van der Waals surface area (Å²) in [5.41, 5.74) is 2.45. The molecular weight excluding hydrogens is 476 g/mol. The number of hydrogen-bond donors (Lipinski definition) is 1. The monoisotopic (exact) mass is 522 g/mol. The lowest BCUT2D eigenvalue weighted by atomic mass is 9.69. The van der Waals surface area contributed by atoms with Crippen LogP contribution in [0.2, 0.25) is 0 Å². The van der Waals surface area contributed by atoms with Crippen molar-refractivity contribution in [3.05, 3.63) is 58.1 Å². The van der Waals surface area contributed by atoms with Gasteiger partial charge >= 0.3 is 6.18 Å². The van der Waals surface area contributed by atoms with E-state index in [4.69, 9.17) is 0 Å². The molecule has 2 aromatic rings. The maximum atomic E-state index is 14.1. The second-order valence-electron chi connectivity index (χ2n) is 12.0. The fourth-order valence-electron chi connectivity index (χ4n) is 5.17. The molecule has 0 saturated heterocycles. The highest BCUT2D eigenvalue weighted by Crippen LogP contribution is 2.54. The first kappa shape index (κ1) is 30.7. The molecule has 0 saturated carbocycles. The second-order valence-corrected chi connectivity index (χ2v) is 13.7. The third kappa shape index (κ3) is 6.12. The van der Waals surface area contributed by atoms with E-state index >= 15 is 0 Å². The van der Waals surface area contributed by atoms with Crippen LogP contribution in [0.1, 0.15) is 116 Å². The first-order valence-electron chi connectivity index (χ1n) is 13.3. The van der Waals surface area contributed by atoms with Gasteiger partial charge in [-0.2, -0.15) is 13.2 Å². The number of alkyl halides is 3. The van der Waals surface area contributed by atoms with Crippen LogP contribution in [0.15, 0.2) is 30.3 Å². The normalized spacial score (nSPS) is 14.6. The predicted octanol–water partition coefficient (Wildman–Crippen LogP) is 9.75. The Bertz CT molecular complexity index is 1040. The summed E-state index contributed by atoms with van der Waals surface area (Å²) in [5, 5.41) is 11.6. The Kier molecular flexibility index (Phi) is 9.43. The van der Waals surface area contributed by atoms with Gasteiger partial charge in [-0.3, -0.25) is 0 Å². The molecule has 0 aliphatic heterocycles. The molecule has 0 fully saturated rings. The molecule has 2 unspecified atom stereocenters. The van der Waals surface area contributed by atoms with Crippen LogP contribution in [0, 0.1) is 12.8 Å². The number of benzene rings is 2. The minimum absolute atomic E-state index is 0.115. The number of hydrogen-bond acceptors (Lipinski definition) is 1. The summed E-state index contributed by atoms with van der Waals surface area (Å²) >= 11 is 0. The van der Waals surface area contributed by atoms with Gasteiger partial charge in [0.1, 0.15) is 5.75 Å². The minimum Gasteiger partial charge on any atom is -0.507 e. The van der Waals surface area contributed by atoms with Crippen LogP contribution in [0.3, 0.4) is 0 Å². The van der Waals surface area contributed by atoms with E-state index in [1.807, 2.05) is 13.8 Å². The topological polar surface area (TPSA) is 20.2 Å². The maximum absolute atomic E-state index is 14.1. The van der Waals surface area contributed by atoms with E-state index < -0.39 is 16.9 Å². The van der Waals surface area contributed by atoms with E-state index in [1.54, 1.807) is 13.0 Å². The van der Waals surface area contributed by atoms with Crippen molar-refractivity contribution in [1.29, 1.82) is 0 Å². The van der Waals surface area contributed by atoms with Gasteiger partial charge in [-0.15, -0.1) is 0 Å². The van der Waals surface area contributed by atoms with Gasteiger partial charge in [-0.25, -0.2) is 0 Å². The highest BCUT2D eigenvalue weighted by molar-refractivity contribution is 7.48. The van der Waals surface area contributed by atoms with Crippen LogP contribution in [-0.4, -0.2) is 5.11 Å². The van der Waals surface area contributed by atoms with Crippen LogP contribution in [0.4, 0.5) is 13.2 Å². The highest BCUT2D eigenvalue weighted by atomic mass is 31.1. The second kappa shape index (κ2) is 11.1. The van der Waals surface area contributed by atoms with E-state index in [9.17, 15) is 18.3 Å². The number of phenols is 1. The van der Waals surface area contributed by atoms with E-state index in [-0.39, 0.29) is 25.2 Å². The van der Waals surface area contributed by atoms with Gasteiger partial charge in [-0.05, 0) is 59.0 Å². The summed E-state index contributed by atoms with van der Waals surface area (Å²) in [4.78, 5) is 0. The van der Waals surface area contributed by atoms with Crippen molar-refractivity contribution in [3.8, 4) is 5.75 Å². The molecule has 0 bridgehead atoms. The van der Waals surface area contributed by atoms with E-state index in [0.29, 0.717) is 29.6 Å². The van der Waals surface area contributed by atoms with Crippen molar-refractivity contribution in [2.24, 2.45) is 5.92 Å². The Hall–Kier alpha value is -1.54. The van der Waals surface area contributed by atoms with Gasteiger partial charge in [0.25, 0.3) is 0 Å². The van der Waals surface area contributed by atoms with Gasteiger partial charge in [0.05, 0.1) is 5.56 Å². The Labute approximate surface area is 219 Å². The number of halogens is 3. The van der Waals surface area contributed by atoms with Gasteiger partial charge in [-0.1, -0.05) is 108 Å². The molecule has 2 rings (SSSR count). The smallest absolute Gasteiger partial charge is 0.417 e. The first-order valence-corrected chi connectivity index (χ1v) is 14.3. The van der Waals surface area contributed by atoms with Crippen molar-refractivity contribution >= 4 is 13.9 Å².